The lowest BCUT2D eigenvalue weighted by Gasteiger charge is -2.36. The van der Waals surface area contributed by atoms with Crippen LogP contribution in [0.25, 0.3) is 0 Å². The minimum absolute atomic E-state index is 1.29. The van der Waals surface area contributed by atoms with Gasteiger partial charge in [-0.05, 0) is 126 Å². The first-order valence-corrected chi connectivity index (χ1v) is 17.7. The highest BCUT2D eigenvalue weighted by molar-refractivity contribution is 9.67. The third kappa shape index (κ3) is 7.30. The van der Waals surface area contributed by atoms with Gasteiger partial charge in [0.15, 0.2) is 0 Å². The third-order valence-electron chi connectivity index (χ3n) is 4.88. The van der Waals surface area contributed by atoms with Gasteiger partial charge in [0.2, 0.25) is 0 Å². The predicted octanol–water partition coefficient (Wildman–Crippen LogP) is 10.9. The minimum Gasteiger partial charge on any atom is -0.0582 e. The van der Waals surface area contributed by atoms with Crippen molar-refractivity contribution < 1.29 is 0 Å². The van der Waals surface area contributed by atoms with Crippen LogP contribution in [0.15, 0.2) is 117 Å². The van der Waals surface area contributed by atoms with Crippen LogP contribution >= 0.6 is 49.3 Å². The summed E-state index contributed by atoms with van der Waals surface area (Å²) >= 11 is 0. The van der Waals surface area contributed by atoms with Gasteiger partial charge in [-0.2, -0.15) is 0 Å². The fourth-order valence-electron chi connectivity index (χ4n) is 2.95. The lowest BCUT2D eigenvalue weighted by atomic mass is 10.2. The summed E-state index contributed by atoms with van der Waals surface area (Å²) in [4.78, 5) is 5.26. The molecule has 0 fully saturated rings. The third-order valence-corrected chi connectivity index (χ3v) is 19.7. The molecule has 4 aromatic rings. The zero-order valence-corrected chi connectivity index (χ0v) is 23.4. The molecule has 0 spiro atoms. The number of aryl methyl sites for hydroxylation is 4. The molecule has 0 aromatic heterocycles. The van der Waals surface area contributed by atoms with Gasteiger partial charge in [-0.3, -0.25) is 0 Å². The van der Waals surface area contributed by atoms with Crippen molar-refractivity contribution in [1.82, 2.24) is 0 Å². The molecule has 0 N–H and O–H groups in total. The highest BCUT2D eigenvalue weighted by Gasteiger charge is 2.31. The summed E-state index contributed by atoms with van der Waals surface area (Å²) in [5.74, 6) is 0. The van der Waals surface area contributed by atoms with Crippen molar-refractivity contribution in [2.24, 2.45) is 0 Å². The standard InChI is InChI=1S/C28H28S5/c1-21-5-13-25(14-6-21)29-33(30-26-15-7-22(2)8-16-26,31-27-17-9-23(3)10-18-27)32-28-19-11-24(4)12-20-28/h5-20H,1-4H3. The average Bonchev–Trinajstić information content (AvgIpc) is 2.80. The first kappa shape index (κ1) is 24.7. The van der Waals surface area contributed by atoms with Crippen LogP contribution in [0.4, 0.5) is 0 Å². The van der Waals surface area contributed by atoms with Crippen LogP contribution in [0.5, 0.6) is 0 Å². The Hall–Kier alpha value is -1.37. The molecule has 0 heterocycles. The number of benzene rings is 4. The monoisotopic (exact) mass is 524 g/mol. The van der Waals surface area contributed by atoms with E-state index >= 15 is 0 Å². The molecule has 0 aliphatic rings. The topological polar surface area (TPSA) is 0 Å². The summed E-state index contributed by atoms with van der Waals surface area (Å²) in [5.41, 5.74) is 5.18. The number of rotatable bonds is 8. The molecular formula is C28H28S5. The Bertz CT molecular complexity index is 970. The van der Waals surface area contributed by atoms with Crippen molar-refractivity contribution >= 4 is 49.3 Å². The van der Waals surface area contributed by atoms with E-state index < -0.39 is 6.16 Å². The van der Waals surface area contributed by atoms with Crippen LogP contribution in [-0.2, 0) is 0 Å². The summed E-state index contributed by atoms with van der Waals surface area (Å²) in [6.07, 6.45) is -1.39. The van der Waals surface area contributed by atoms with Gasteiger partial charge in [0.1, 0.15) is 0 Å². The second kappa shape index (κ2) is 11.4. The summed E-state index contributed by atoms with van der Waals surface area (Å²) < 4.78 is 0. The van der Waals surface area contributed by atoms with Gasteiger partial charge in [-0.25, -0.2) is 0 Å². The smallest absolute Gasteiger partial charge is 0.0191 e. The maximum absolute atomic E-state index is 2.27. The van der Waals surface area contributed by atoms with Crippen LogP contribution < -0.4 is 0 Å². The number of hydrogen-bond acceptors (Lipinski definition) is 4. The normalized spacial score (nSPS) is 12.0. The molecule has 0 nitrogen and oxygen atoms in total. The van der Waals surface area contributed by atoms with E-state index in [1.807, 2.05) is 43.2 Å². The van der Waals surface area contributed by atoms with Gasteiger partial charge in [-0.1, -0.05) is 70.8 Å². The highest BCUT2D eigenvalue weighted by Crippen LogP contribution is 2.90. The van der Waals surface area contributed by atoms with Crippen molar-refractivity contribution in [3.05, 3.63) is 119 Å². The molecule has 0 saturated carbocycles. The van der Waals surface area contributed by atoms with Gasteiger partial charge in [0.25, 0.3) is 0 Å². The quantitative estimate of drug-likeness (QED) is 0.210. The van der Waals surface area contributed by atoms with E-state index in [4.69, 9.17) is 0 Å². The van der Waals surface area contributed by atoms with Crippen molar-refractivity contribution in [3.63, 3.8) is 0 Å². The van der Waals surface area contributed by atoms with Crippen LogP contribution in [0.2, 0.25) is 0 Å². The van der Waals surface area contributed by atoms with E-state index in [-0.39, 0.29) is 0 Å². The molecular weight excluding hydrogens is 497 g/mol. The molecule has 0 aliphatic carbocycles. The zero-order valence-electron chi connectivity index (χ0n) is 19.3. The average molecular weight is 525 g/mol. The van der Waals surface area contributed by atoms with E-state index in [0.717, 1.165) is 0 Å². The molecule has 4 rings (SSSR count). The maximum Gasteiger partial charge on any atom is 0.0191 e. The molecule has 0 aliphatic heterocycles. The fourth-order valence-corrected chi connectivity index (χ4v) is 20.2. The second-order valence-corrected chi connectivity index (χ2v) is 23.2. The Morgan fingerprint density at radius 3 is 0.697 bits per heavy atom. The van der Waals surface area contributed by atoms with E-state index in [1.54, 1.807) is 0 Å². The lowest BCUT2D eigenvalue weighted by molar-refractivity contribution is 1.38. The largest absolute Gasteiger partial charge is 0.0582 e. The van der Waals surface area contributed by atoms with Gasteiger partial charge >= 0.3 is 0 Å². The van der Waals surface area contributed by atoms with Crippen molar-refractivity contribution in [2.75, 3.05) is 0 Å². The molecule has 33 heavy (non-hydrogen) atoms. The molecule has 0 bridgehead atoms. The van der Waals surface area contributed by atoms with E-state index in [9.17, 15) is 0 Å². The summed E-state index contributed by atoms with van der Waals surface area (Å²) in [5, 5.41) is 0. The van der Waals surface area contributed by atoms with Crippen molar-refractivity contribution in [3.8, 4) is 0 Å². The molecule has 4 aromatic carbocycles. The molecule has 0 atom stereocenters. The molecule has 0 saturated heterocycles. The van der Waals surface area contributed by atoms with Crippen LogP contribution in [0.1, 0.15) is 22.3 Å². The molecule has 170 valence electrons. The highest BCUT2D eigenvalue weighted by atomic mass is 34.1. The van der Waals surface area contributed by atoms with Crippen molar-refractivity contribution in [1.29, 1.82) is 0 Å². The van der Waals surface area contributed by atoms with Gasteiger partial charge in [0.05, 0.1) is 0 Å². The first-order chi connectivity index (χ1) is 15.9. The Morgan fingerprint density at radius 1 is 0.333 bits per heavy atom. The van der Waals surface area contributed by atoms with Gasteiger partial charge in [0, 0.05) is 19.6 Å². The Balaban J connectivity index is 1.77. The first-order valence-electron chi connectivity index (χ1n) is 10.8. The molecule has 0 unspecified atom stereocenters. The number of hydrogen-bond donors (Lipinski definition) is 0. The Kier molecular flexibility index (Phi) is 8.53. The van der Waals surface area contributed by atoms with Crippen LogP contribution in [0.3, 0.4) is 0 Å². The summed E-state index contributed by atoms with van der Waals surface area (Å²) in [6.45, 7) is 8.60. The Labute approximate surface area is 214 Å². The van der Waals surface area contributed by atoms with E-state index in [1.165, 1.54) is 41.8 Å². The van der Waals surface area contributed by atoms with Gasteiger partial charge < -0.3 is 0 Å². The zero-order chi connectivity index (χ0) is 23.3. The fraction of sp³-hybridized carbons (Fsp3) is 0.143. The molecule has 0 amide bonds. The molecule has 5 heteroatoms. The molecule has 0 radical (unpaired) electrons. The van der Waals surface area contributed by atoms with E-state index in [0.29, 0.717) is 0 Å². The van der Waals surface area contributed by atoms with Crippen molar-refractivity contribution in [2.45, 2.75) is 47.3 Å². The van der Waals surface area contributed by atoms with Gasteiger partial charge in [-0.15, -0.1) is 0 Å². The second-order valence-electron chi connectivity index (χ2n) is 7.99. The Morgan fingerprint density at radius 2 is 0.515 bits per heavy atom. The lowest BCUT2D eigenvalue weighted by Crippen LogP contribution is -1.85. The summed E-state index contributed by atoms with van der Waals surface area (Å²) in [7, 11) is 8.06. The summed E-state index contributed by atoms with van der Waals surface area (Å²) in [6, 6.07) is 35.9. The minimum atomic E-state index is -1.39. The predicted molar refractivity (Wildman–Crippen MR) is 156 cm³/mol. The maximum atomic E-state index is 2.27. The van der Waals surface area contributed by atoms with E-state index in [2.05, 4.69) is 125 Å². The SMILES string of the molecule is Cc1ccc(SS(Sc2ccc(C)cc2)(Sc2ccc(C)cc2)Sc2ccc(C)cc2)cc1. The van der Waals surface area contributed by atoms with Crippen LogP contribution in [-0.4, -0.2) is 0 Å². The van der Waals surface area contributed by atoms with Crippen LogP contribution in [0, 0.1) is 27.7 Å².